The molecule has 0 aromatic carbocycles. The fourth-order valence-electron chi connectivity index (χ4n) is 0.755. The van der Waals surface area contributed by atoms with Gasteiger partial charge >= 0.3 is 12.0 Å². The number of aromatic nitrogens is 2. The lowest BCUT2D eigenvalue weighted by molar-refractivity contribution is -0.146. The Kier molecular flexibility index (Phi) is 3.78. The van der Waals surface area contributed by atoms with Crippen LogP contribution in [0.15, 0.2) is 6.20 Å². The number of carboxylic acids is 1. The standard InChI is InChI=1S/C8H12N4O3S/c1-8(2,6(13)14)4-9-7(15)11-5-3-10-12-16-5/h3H,4H2,1-2H3,(H,13,14)(H2,9,11,15). The molecular weight excluding hydrogens is 232 g/mol. The van der Waals surface area contributed by atoms with Crippen LogP contribution in [0.25, 0.3) is 0 Å². The van der Waals surface area contributed by atoms with Gasteiger partial charge in [-0.15, -0.1) is 5.10 Å². The molecule has 0 bridgehead atoms. The highest BCUT2D eigenvalue weighted by Crippen LogP contribution is 2.13. The van der Waals surface area contributed by atoms with Crippen LogP contribution >= 0.6 is 11.5 Å². The minimum absolute atomic E-state index is 0.0421. The summed E-state index contributed by atoms with van der Waals surface area (Å²) in [6, 6.07) is -0.472. The third-order valence-corrected chi connectivity index (χ3v) is 2.45. The Balaban J connectivity index is 2.39. The molecule has 7 nitrogen and oxygen atoms in total. The maximum absolute atomic E-state index is 11.3. The summed E-state index contributed by atoms with van der Waals surface area (Å²) >= 11 is 1.04. The van der Waals surface area contributed by atoms with Gasteiger partial charge in [0.2, 0.25) is 0 Å². The van der Waals surface area contributed by atoms with Crippen molar-refractivity contribution in [3.63, 3.8) is 0 Å². The summed E-state index contributed by atoms with van der Waals surface area (Å²) in [5.41, 5.74) is -0.997. The zero-order chi connectivity index (χ0) is 12.2. The molecule has 3 N–H and O–H groups in total. The van der Waals surface area contributed by atoms with Crippen LogP contribution in [0.5, 0.6) is 0 Å². The molecule has 0 saturated heterocycles. The van der Waals surface area contributed by atoms with E-state index in [9.17, 15) is 9.59 Å². The molecule has 0 aliphatic rings. The lowest BCUT2D eigenvalue weighted by Gasteiger charge is -2.19. The topological polar surface area (TPSA) is 104 Å². The summed E-state index contributed by atoms with van der Waals surface area (Å²) in [6.07, 6.45) is 1.41. The van der Waals surface area contributed by atoms with Crippen molar-refractivity contribution in [2.45, 2.75) is 13.8 Å². The number of carboxylic acid groups (broad SMARTS) is 1. The first-order valence-electron chi connectivity index (χ1n) is 4.47. The van der Waals surface area contributed by atoms with E-state index in [1.165, 1.54) is 20.0 Å². The summed E-state index contributed by atoms with van der Waals surface area (Å²) in [5.74, 6) is -0.966. The number of carbonyl (C=O) groups excluding carboxylic acids is 1. The van der Waals surface area contributed by atoms with Crippen LogP contribution in [0.2, 0.25) is 0 Å². The van der Waals surface area contributed by atoms with E-state index < -0.39 is 17.4 Å². The van der Waals surface area contributed by atoms with Crippen molar-refractivity contribution in [3.05, 3.63) is 6.20 Å². The van der Waals surface area contributed by atoms with Gasteiger partial charge in [0.1, 0.15) is 5.00 Å². The normalized spacial score (nSPS) is 10.9. The highest BCUT2D eigenvalue weighted by atomic mass is 32.1. The molecule has 16 heavy (non-hydrogen) atoms. The Morgan fingerprint density at radius 2 is 2.25 bits per heavy atom. The van der Waals surface area contributed by atoms with Crippen molar-refractivity contribution in [1.82, 2.24) is 14.9 Å². The maximum Gasteiger partial charge on any atom is 0.319 e. The number of aliphatic carboxylic acids is 1. The minimum Gasteiger partial charge on any atom is -0.481 e. The summed E-state index contributed by atoms with van der Waals surface area (Å²) in [7, 11) is 0. The van der Waals surface area contributed by atoms with Crippen LogP contribution in [0.3, 0.4) is 0 Å². The van der Waals surface area contributed by atoms with Crippen molar-refractivity contribution < 1.29 is 14.7 Å². The molecule has 1 aromatic heterocycles. The lowest BCUT2D eigenvalue weighted by Crippen LogP contribution is -2.40. The van der Waals surface area contributed by atoms with Gasteiger partial charge in [0.25, 0.3) is 0 Å². The number of amides is 2. The Morgan fingerprint density at radius 1 is 1.56 bits per heavy atom. The van der Waals surface area contributed by atoms with Gasteiger partial charge in [0.05, 0.1) is 11.6 Å². The number of anilines is 1. The Morgan fingerprint density at radius 3 is 2.75 bits per heavy atom. The first-order chi connectivity index (χ1) is 7.42. The predicted molar refractivity (Wildman–Crippen MR) is 58.3 cm³/mol. The van der Waals surface area contributed by atoms with Crippen molar-refractivity contribution in [1.29, 1.82) is 0 Å². The third-order valence-electron chi connectivity index (χ3n) is 1.87. The second kappa shape index (κ2) is 4.88. The molecule has 0 fully saturated rings. The molecule has 2 amide bonds. The van der Waals surface area contributed by atoms with E-state index in [0.717, 1.165) is 11.5 Å². The highest BCUT2D eigenvalue weighted by molar-refractivity contribution is 7.10. The largest absolute Gasteiger partial charge is 0.481 e. The van der Waals surface area contributed by atoms with Crippen molar-refractivity contribution in [2.24, 2.45) is 5.41 Å². The maximum atomic E-state index is 11.3. The molecule has 1 aromatic rings. The average Bonchev–Trinajstić information content (AvgIpc) is 2.67. The quantitative estimate of drug-likeness (QED) is 0.725. The zero-order valence-corrected chi connectivity index (χ0v) is 9.67. The number of rotatable bonds is 4. The van der Waals surface area contributed by atoms with E-state index in [0.29, 0.717) is 5.00 Å². The Hall–Kier alpha value is -1.70. The molecule has 0 spiro atoms. The SMILES string of the molecule is CC(C)(CNC(=O)Nc1cnns1)C(=O)O. The van der Waals surface area contributed by atoms with Gasteiger partial charge in [-0.2, -0.15) is 0 Å². The summed E-state index contributed by atoms with van der Waals surface area (Å²) in [5, 5.41) is 17.8. The van der Waals surface area contributed by atoms with Gasteiger partial charge in [-0.1, -0.05) is 4.49 Å². The number of carbonyl (C=O) groups is 2. The first kappa shape index (κ1) is 12.4. The number of hydrogen-bond acceptors (Lipinski definition) is 5. The van der Waals surface area contributed by atoms with Crippen molar-refractivity contribution in [2.75, 3.05) is 11.9 Å². The van der Waals surface area contributed by atoms with Crippen molar-refractivity contribution >= 4 is 28.5 Å². The molecule has 0 aliphatic carbocycles. The van der Waals surface area contributed by atoms with Crippen LogP contribution in [-0.4, -0.2) is 33.2 Å². The monoisotopic (exact) mass is 244 g/mol. The number of nitrogens with one attached hydrogen (secondary N) is 2. The molecule has 0 radical (unpaired) electrons. The molecule has 1 heterocycles. The molecule has 88 valence electrons. The number of urea groups is 1. The second-order valence-corrected chi connectivity index (χ2v) is 4.56. The van der Waals surface area contributed by atoms with E-state index in [-0.39, 0.29) is 6.54 Å². The molecule has 0 aliphatic heterocycles. The zero-order valence-electron chi connectivity index (χ0n) is 8.85. The van der Waals surface area contributed by atoms with Crippen LogP contribution in [-0.2, 0) is 4.79 Å². The van der Waals surface area contributed by atoms with E-state index in [4.69, 9.17) is 5.11 Å². The third kappa shape index (κ3) is 3.46. The van der Waals surface area contributed by atoms with Crippen molar-refractivity contribution in [3.8, 4) is 0 Å². The van der Waals surface area contributed by atoms with Gasteiger partial charge in [-0.3, -0.25) is 10.1 Å². The van der Waals surface area contributed by atoms with Crippen LogP contribution in [0.4, 0.5) is 9.80 Å². The molecule has 0 atom stereocenters. The summed E-state index contributed by atoms with van der Waals surface area (Å²) < 4.78 is 3.57. The molecule has 0 saturated carbocycles. The number of nitrogens with zero attached hydrogens (tertiary/aromatic N) is 2. The minimum atomic E-state index is -0.997. The fourth-order valence-corrected chi connectivity index (χ4v) is 1.17. The first-order valence-corrected chi connectivity index (χ1v) is 5.25. The molecule has 0 unspecified atom stereocenters. The van der Waals surface area contributed by atoms with E-state index in [1.54, 1.807) is 0 Å². The second-order valence-electron chi connectivity index (χ2n) is 3.78. The van der Waals surface area contributed by atoms with Crippen LogP contribution in [0.1, 0.15) is 13.8 Å². The molecular formula is C8H12N4O3S. The molecule has 8 heteroatoms. The van der Waals surface area contributed by atoms with Gasteiger partial charge in [0.15, 0.2) is 0 Å². The van der Waals surface area contributed by atoms with Gasteiger partial charge in [-0.05, 0) is 13.8 Å². The number of hydrogen-bond donors (Lipinski definition) is 3. The summed E-state index contributed by atoms with van der Waals surface area (Å²) in [6.45, 7) is 3.11. The van der Waals surface area contributed by atoms with E-state index in [1.807, 2.05) is 0 Å². The van der Waals surface area contributed by atoms with E-state index in [2.05, 4.69) is 20.2 Å². The van der Waals surface area contributed by atoms with Gasteiger partial charge in [0, 0.05) is 18.1 Å². The van der Waals surface area contributed by atoms with Gasteiger partial charge < -0.3 is 10.4 Å². The fraction of sp³-hybridized carbons (Fsp3) is 0.500. The predicted octanol–water partition coefficient (Wildman–Crippen LogP) is 0.770. The smallest absolute Gasteiger partial charge is 0.319 e. The Bertz CT molecular complexity index is 377. The lowest BCUT2D eigenvalue weighted by atomic mass is 9.94. The average molecular weight is 244 g/mol. The summed E-state index contributed by atoms with van der Waals surface area (Å²) in [4.78, 5) is 22.1. The van der Waals surface area contributed by atoms with E-state index >= 15 is 0 Å². The Labute approximate surface area is 96.0 Å². The van der Waals surface area contributed by atoms with Crippen LogP contribution < -0.4 is 10.6 Å². The van der Waals surface area contributed by atoms with Gasteiger partial charge in [-0.25, -0.2) is 4.79 Å². The van der Waals surface area contributed by atoms with Crippen LogP contribution in [0, 0.1) is 5.41 Å². The highest BCUT2D eigenvalue weighted by Gasteiger charge is 2.27. The molecule has 1 rings (SSSR count).